The SMILES string of the molecule is COC(=O)c1cc(F)ccc1COc1cccc([N+](=O)[O-])c1. The van der Waals surface area contributed by atoms with Crippen molar-refractivity contribution in [2.75, 3.05) is 7.11 Å². The number of nitro groups is 1. The fourth-order valence-corrected chi connectivity index (χ4v) is 1.82. The van der Waals surface area contributed by atoms with Crippen LogP contribution in [0.3, 0.4) is 0 Å². The summed E-state index contributed by atoms with van der Waals surface area (Å²) in [5, 5.41) is 10.7. The van der Waals surface area contributed by atoms with Gasteiger partial charge in [-0.25, -0.2) is 9.18 Å². The Balaban J connectivity index is 2.20. The molecule has 2 aromatic rings. The van der Waals surface area contributed by atoms with E-state index in [0.29, 0.717) is 5.56 Å². The highest BCUT2D eigenvalue weighted by molar-refractivity contribution is 5.91. The van der Waals surface area contributed by atoms with E-state index in [9.17, 15) is 19.3 Å². The van der Waals surface area contributed by atoms with Crippen LogP contribution in [0.5, 0.6) is 5.75 Å². The van der Waals surface area contributed by atoms with Gasteiger partial charge in [0.1, 0.15) is 18.2 Å². The molecule has 7 heteroatoms. The molecule has 0 aliphatic carbocycles. The monoisotopic (exact) mass is 305 g/mol. The van der Waals surface area contributed by atoms with Gasteiger partial charge in [0.25, 0.3) is 5.69 Å². The Hall–Kier alpha value is -2.96. The first-order valence-corrected chi connectivity index (χ1v) is 6.25. The largest absolute Gasteiger partial charge is 0.489 e. The van der Waals surface area contributed by atoms with Crippen molar-refractivity contribution >= 4 is 11.7 Å². The number of methoxy groups -OCH3 is 1. The van der Waals surface area contributed by atoms with Gasteiger partial charge in [0, 0.05) is 11.6 Å². The zero-order chi connectivity index (χ0) is 16.1. The molecular formula is C15H12FNO5. The van der Waals surface area contributed by atoms with Gasteiger partial charge in [-0.3, -0.25) is 10.1 Å². The number of halogens is 1. The number of carbonyl (C=O) groups excluding carboxylic acids is 1. The first-order chi connectivity index (χ1) is 10.5. The van der Waals surface area contributed by atoms with Crippen LogP contribution in [-0.4, -0.2) is 18.0 Å². The minimum atomic E-state index is -0.683. The van der Waals surface area contributed by atoms with Crippen molar-refractivity contribution in [3.63, 3.8) is 0 Å². The molecule has 0 aliphatic rings. The number of benzene rings is 2. The molecule has 2 aromatic carbocycles. The van der Waals surface area contributed by atoms with Gasteiger partial charge in [0.05, 0.1) is 23.7 Å². The maximum Gasteiger partial charge on any atom is 0.338 e. The third-order valence-electron chi connectivity index (χ3n) is 2.90. The minimum absolute atomic E-state index is 0.0490. The molecule has 0 fully saturated rings. The Morgan fingerprint density at radius 1 is 1.27 bits per heavy atom. The average molecular weight is 305 g/mol. The molecule has 0 saturated carbocycles. The molecule has 0 spiro atoms. The van der Waals surface area contributed by atoms with Crippen LogP contribution >= 0.6 is 0 Å². The summed E-state index contributed by atoms with van der Waals surface area (Å²) in [5.74, 6) is -0.981. The molecule has 114 valence electrons. The van der Waals surface area contributed by atoms with Gasteiger partial charge in [0.2, 0.25) is 0 Å². The molecule has 0 aromatic heterocycles. The molecule has 0 amide bonds. The van der Waals surface area contributed by atoms with E-state index >= 15 is 0 Å². The first-order valence-electron chi connectivity index (χ1n) is 6.25. The smallest absolute Gasteiger partial charge is 0.338 e. The van der Waals surface area contributed by atoms with Crippen molar-refractivity contribution in [2.24, 2.45) is 0 Å². The first kappa shape index (κ1) is 15.4. The normalized spacial score (nSPS) is 10.1. The van der Waals surface area contributed by atoms with Gasteiger partial charge in [-0.15, -0.1) is 0 Å². The Labute approximate surface area is 125 Å². The molecule has 0 saturated heterocycles. The maximum atomic E-state index is 13.2. The summed E-state index contributed by atoms with van der Waals surface area (Å²) in [4.78, 5) is 21.8. The van der Waals surface area contributed by atoms with E-state index in [1.165, 1.54) is 37.4 Å². The van der Waals surface area contributed by atoms with Gasteiger partial charge in [-0.2, -0.15) is 0 Å². The maximum absolute atomic E-state index is 13.2. The van der Waals surface area contributed by atoms with Crippen molar-refractivity contribution in [1.29, 1.82) is 0 Å². The van der Waals surface area contributed by atoms with Crippen molar-refractivity contribution < 1.29 is 23.6 Å². The lowest BCUT2D eigenvalue weighted by atomic mass is 10.1. The second-order valence-corrected chi connectivity index (χ2v) is 4.34. The number of rotatable bonds is 5. The van der Waals surface area contributed by atoms with Gasteiger partial charge in [0.15, 0.2) is 0 Å². The number of hydrogen-bond donors (Lipinski definition) is 0. The molecule has 6 nitrogen and oxygen atoms in total. The molecule has 0 atom stereocenters. The summed E-state index contributed by atoms with van der Waals surface area (Å²) in [7, 11) is 1.19. The highest BCUT2D eigenvalue weighted by Gasteiger charge is 2.14. The molecule has 0 radical (unpaired) electrons. The van der Waals surface area contributed by atoms with Crippen LogP contribution in [0.15, 0.2) is 42.5 Å². The molecule has 0 aliphatic heterocycles. The second-order valence-electron chi connectivity index (χ2n) is 4.34. The van der Waals surface area contributed by atoms with E-state index < -0.39 is 16.7 Å². The molecule has 0 N–H and O–H groups in total. The van der Waals surface area contributed by atoms with Crippen LogP contribution in [0.1, 0.15) is 15.9 Å². The van der Waals surface area contributed by atoms with Crippen LogP contribution in [0.4, 0.5) is 10.1 Å². The van der Waals surface area contributed by atoms with E-state index in [1.807, 2.05) is 0 Å². The van der Waals surface area contributed by atoms with Gasteiger partial charge in [-0.05, 0) is 18.2 Å². The summed E-state index contributed by atoms with van der Waals surface area (Å²) in [6.07, 6.45) is 0. The van der Waals surface area contributed by atoms with Crippen molar-refractivity contribution in [1.82, 2.24) is 0 Å². The number of non-ortho nitro benzene ring substituents is 1. The number of esters is 1. The predicted molar refractivity (Wildman–Crippen MR) is 75.2 cm³/mol. The minimum Gasteiger partial charge on any atom is -0.489 e. The van der Waals surface area contributed by atoms with Crippen LogP contribution in [-0.2, 0) is 11.3 Å². The van der Waals surface area contributed by atoms with Crippen molar-refractivity contribution in [2.45, 2.75) is 6.61 Å². The highest BCUT2D eigenvalue weighted by Crippen LogP contribution is 2.21. The van der Waals surface area contributed by atoms with E-state index in [1.54, 1.807) is 6.07 Å². The van der Waals surface area contributed by atoms with E-state index in [4.69, 9.17) is 4.74 Å². The number of carbonyl (C=O) groups is 1. The Kier molecular flexibility index (Phi) is 4.67. The zero-order valence-corrected chi connectivity index (χ0v) is 11.6. The molecular weight excluding hydrogens is 293 g/mol. The molecule has 0 bridgehead atoms. The van der Waals surface area contributed by atoms with Gasteiger partial charge in [-0.1, -0.05) is 12.1 Å². The highest BCUT2D eigenvalue weighted by atomic mass is 19.1. The Bertz CT molecular complexity index is 717. The second kappa shape index (κ2) is 6.66. The van der Waals surface area contributed by atoms with E-state index in [-0.39, 0.29) is 23.6 Å². The third kappa shape index (κ3) is 3.57. The molecule has 2 rings (SSSR count). The Morgan fingerprint density at radius 2 is 2.05 bits per heavy atom. The van der Waals surface area contributed by atoms with E-state index in [2.05, 4.69) is 4.74 Å². The lowest BCUT2D eigenvalue weighted by molar-refractivity contribution is -0.384. The summed E-state index contributed by atoms with van der Waals surface area (Å²) in [6, 6.07) is 9.29. The standard InChI is InChI=1S/C15H12FNO5/c1-21-15(18)14-7-11(16)6-5-10(14)9-22-13-4-2-3-12(8-13)17(19)20/h2-8H,9H2,1H3. The topological polar surface area (TPSA) is 78.7 Å². The number of nitrogens with zero attached hydrogens (tertiary/aromatic N) is 1. The average Bonchev–Trinajstić information content (AvgIpc) is 2.53. The lowest BCUT2D eigenvalue weighted by Gasteiger charge is -2.10. The quantitative estimate of drug-likeness (QED) is 0.482. The number of ether oxygens (including phenoxy) is 2. The molecule has 22 heavy (non-hydrogen) atoms. The third-order valence-corrected chi connectivity index (χ3v) is 2.90. The van der Waals surface area contributed by atoms with Crippen LogP contribution in [0, 0.1) is 15.9 Å². The van der Waals surface area contributed by atoms with Crippen molar-refractivity contribution in [3.8, 4) is 5.75 Å². The van der Waals surface area contributed by atoms with Crippen LogP contribution < -0.4 is 4.74 Å². The summed E-state index contributed by atoms with van der Waals surface area (Å²) in [5.41, 5.74) is 0.359. The fraction of sp³-hybridized carbons (Fsp3) is 0.133. The summed E-state index contributed by atoms with van der Waals surface area (Å²) < 4.78 is 23.2. The summed E-state index contributed by atoms with van der Waals surface area (Å²) >= 11 is 0. The lowest BCUT2D eigenvalue weighted by Crippen LogP contribution is -2.08. The number of nitro benzene ring substituents is 1. The van der Waals surface area contributed by atoms with Gasteiger partial charge < -0.3 is 9.47 Å². The van der Waals surface area contributed by atoms with Gasteiger partial charge >= 0.3 is 5.97 Å². The van der Waals surface area contributed by atoms with Crippen LogP contribution in [0.25, 0.3) is 0 Å². The predicted octanol–water partition coefficient (Wildman–Crippen LogP) is 3.10. The Morgan fingerprint density at radius 3 is 2.73 bits per heavy atom. The molecule has 0 unspecified atom stereocenters. The van der Waals surface area contributed by atoms with Crippen LogP contribution in [0.2, 0.25) is 0 Å². The zero-order valence-electron chi connectivity index (χ0n) is 11.6. The van der Waals surface area contributed by atoms with Crippen molar-refractivity contribution in [3.05, 3.63) is 69.5 Å². The van der Waals surface area contributed by atoms with E-state index in [0.717, 1.165) is 6.07 Å². The summed E-state index contributed by atoms with van der Waals surface area (Å²) in [6.45, 7) is -0.0497. The fourth-order valence-electron chi connectivity index (χ4n) is 1.82. The number of hydrogen-bond acceptors (Lipinski definition) is 5. The molecule has 0 heterocycles.